The number of benzene rings is 1. The van der Waals surface area contributed by atoms with Gasteiger partial charge in [-0.15, -0.1) is 0 Å². The van der Waals surface area contributed by atoms with E-state index in [0.717, 1.165) is 19.4 Å². The molecule has 0 fully saturated rings. The van der Waals surface area contributed by atoms with Crippen LogP contribution in [-0.2, 0) is 0 Å². The molecule has 1 nitrogen and oxygen atoms in total. The standard InChI is InChI=1S/C15H23Cl2N/c1-4-6-18-15(7-11(3)5-2)12-8-13(16)10-14(17)9-12/h8-11,15,18H,4-7H2,1-3H3. The van der Waals surface area contributed by atoms with Crippen LogP contribution < -0.4 is 5.32 Å². The molecule has 2 unspecified atom stereocenters. The monoisotopic (exact) mass is 287 g/mol. The first-order valence-electron chi connectivity index (χ1n) is 6.76. The Kier molecular flexibility index (Phi) is 7.06. The van der Waals surface area contributed by atoms with Crippen molar-refractivity contribution in [3.8, 4) is 0 Å². The molecule has 102 valence electrons. The molecule has 1 aromatic carbocycles. The van der Waals surface area contributed by atoms with E-state index in [2.05, 4.69) is 26.1 Å². The smallest absolute Gasteiger partial charge is 0.0424 e. The Bertz CT molecular complexity index is 345. The first-order chi connectivity index (χ1) is 8.56. The fraction of sp³-hybridized carbons (Fsp3) is 0.600. The summed E-state index contributed by atoms with van der Waals surface area (Å²) >= 11 is 12.2. The average Bonchev–Trinajstić information content (AvgIpc) is 2.32. The van der Waals surface area contributed by atoms with Crippen molar-refractivity contribution in [2.45, 2.75) is 46.1 Å². The van der Waals surface area contributed by atoms with Crippen LogP contribution in [0.1, 0.15) is 51.6 Å². The summed E-state index contributed by atoms with van der Waals surface area (Å²) < 4.78 is 0. The lowest BCUT2D eigenvalue weighted by atomic mass is 9.94. The van der Waals surface area contributed by atoms with E-state index in [9.17, 15) is 0 Å². The molecule has 1 N–H and O–H groups in total. The lowest BCUT2D eigenvalue weighted by Crippen LogP contribution is -2.24. The Morgan fingerprint density at radius 2 is 1.72 bits per heavy atom. The van der Waals surface area contributed by atoms with Crippen molar-refractivity contribution in [2.75, 3.05) is 6.54 Å². The molecule has 1 aromatic rings. The summed E-state index contributed by atoms with van der Waals surface area (Å²) in [7, 11) is 0. The van der Waals surface area contributed by atoms with Gasteiger partial charge < -0.3 is 5.32 Å². The lowest BCUT2D eigenvalue weighted by Gasteiger charge is -2.22. The Hall–Kier alpha value is -0.240. The topological polar surface area (TPSA) is 12.0 Å². The molecule has 0 bridgehead atoms. The van der Waals surface area contributed by atoms with Gasteiger partial charge in [0.25, 0.3) is 0 Å². The predicted octanol–water partition coefficient (Wildman–Crippen LogP) is 5.47. The zero-order valence-electron chi connectivity index (χ0n) is 11.5. The molecule has 0 spiro atoms. The lowest BCUT2D eigenvalue weighted by molar-refractivity contribution is 0.402. The van der Waals surface area contributed by atoms with E-state index in [1.165, 1.54) is 12.0 Å². The fourth-order valence-electron chi connectivity index (χ4n) is 2.00. The van der Waals surface area contributed by atoms with E-state index >= 15 is 0 Å². The van der Waals surface area contributed by atoms with Crippen LogP contribution in [-0.4, -0.2) is 6.54 Å². The highest BCUT2D eigenvalue weighted by Crippen LogP contribution is 2.28. The molecule has 0 saturated carbocycles. The van der Waals surface area contributed by atoms with Gasteiger partial charge in [-0.2, -0.15) is 0 Å². The van der Waals surface area contributed by atoms with E-state index in [0.29, 0.717) is 22.0 Å². The third-order valence-corrected chi connectivity index (χ3v) is 3.70. The molecular weight excluding hydrogens is 265 g/mol. The molecule has 0 aromatic heterocycles. The zero-order valence-corrected chi connectivity index (χ0v) is 13.0. The van der Waals surface area contributed by atoms with Crippen LogP contribution in [0, 0.1) is 5.92 Å². The van der Waals surface area contributed by atoms with E-state index < -0.39 is 0 Å². The van der Waals surface area contributed by atoms with Gasteiger partial charge in [-0.05, 0) is 49.1 Å². The first kappa shape index (κ1) is 15.8. The Morgan fingerprint density at radius 3 is 2.22 bits per heavy atom. The van der Waals surface area contributed by atoms with Crippen LogP contribution in [0.3, 0.4) is 0 Å². The largest absolute Gasteiger partial charge is 0.310 e. The van der Waals surface area contributed by atoms with Crippen LogP contribution in [0.2, 0.25) is 10.0 Å². The van der Waals surface area contributed by atoms with Crippen molar-refractivity contribution in [3.05, 3.63) is 33.8 Å². The van der Waals surface area contributed by atoms with Gasteiger partial charge in [0.1, 0.15) is 0 Å². The fourth-order valence-corrected chi connectivity index (χ4v) is 2.54. The normalized spacial score (nSPS) is 14.5. The van der Waals surface area contributed by atoms with Gasteiger partial charge in [-0.1, -0.05) is 50.4 Å². The molecule has 0 saturated heterocycles. The van der Waals surface area contributed by atoms with Crippen molar-refractivity contribution < 1.29 is 0 Å². The van der Waals surface area contributed by atoms with Gasteiger partial charge in [0, 0.05) is 16.1 Å². The summed E-state index contributed by atoms with van der Waals surface area (Å²) in [5.74, 6) is 0.692. The number of halogens is 2. The minimum Gasteiger partial charge on any atom is -0.310 e. The minimum absolute atomic E-state index is 0.344. The number of hydrogen-bond donors (Lipinski definition) is 1. The van der Waals surface area contributed by atoms with Gasteiger partial charge in [0.05, 0.1) is 0 Å². The van der Waals surface area contributed by atoms with Crippen LogP contribution in [0.15, 0.2) is 18.2 Å². The molecule has 0 aliphatic rings. The van der Waals surface area contributed by atoms with Crippen LogP contribution in [0.5, 0.6) is 0 Å². The summed E-state index contributed by atoms with van der Waals surface area (Å²) in [6.45, 7) is 7.71. The predicted molar refractivity (Wildman–Crippen MR) is 81.6 cm³/mol. The second kappa shape index (κ2) is 8.04. The molecule has 0 heterocycles. The van der Waals surface area contributed by atoms with Crippen LogP contribution >= 0.6 is 23.2 Å². The maximum atomic E-state index is 6.09. The number of hydrogen-bond acceptors (Lipinski definition) is 1. The van der Waals surface area contributed by atoms with E-state index in [1.807, 2.05) is 12.1 Å². The second-order valence-corrected chi connectivity index (χ2v) is 5.83. The first-order valence-corrected chi connectivity index (χ1v) is 7.51. The summed E-state index contributed by atoms with van der Waals surface area (Å²) in [5.41, 5.74) is 1.20. The third-order valence-electron chi connectivity index (χ3n) is 3.26. The van der Waals surface area contributed by atoms with Crippen LogP contribution in [0.4, 0.5) is 0 Å². The maximum Gasteiger partial charge on any atom is 0.0424 e. The Balaban J connectivity index is 2.85. The minimum atomic E-state index is 0.344. The summed E-state index contributed by atoms with van der Waals surface area (Å²) in [6, 6.07) is 6.16. The molecular formula is C15H23Cl2N. The number of rotatable bonds is 7. The molecule has 3 heteroatoms. The van der Waals surface area contributed by atoms with Gasteiger partial charge >= 0.3 is 0 Å². The molecule has 18 heavy (non-hydrogen) atoms. The summed E-state index contributed by atoms with van der Waals surface area (Å²) in [4.78, 5) is 0. The molecule has 1 rings (SSSR count). The molecule has 0 aliphatic carbocycles. The molecule has 2 atom stereocenters. The quantitative estimate of drug-likeness (QED) is 0.701. The highest BCUT2D eigenvalue weighted by atomic mass is 35.5. The molecule has 0 aliphatic heterocycles. The van der Waals surface area contributed by atoms with Gasteiger partial charge in [-0.25, -0.2) is 0 Å². The molecule has 0 amide bonds. The highest BCUT2D eigenvalue weighted by Gasteiger charge is 2.15. The van der Waals surface area contributed by atoms with Gasteiger partial charge in [-0.3, -0.25) is 0 Å². The van der Waals surface area contributed by atoms with E-state index in [1.54, 1.807) is 6.07 Å². The summed E-state index contributed by atoms with van der Waals surface area (Å²) in [5, 5.41) is 5.01. The number of nitrogens with one attached hydrogen (secondary N) is 1. The van der Waals surface area contributed by atoms with E-state index in [4.69, 9.17) is 23.2 Å². The zero-order chi connectivity index (χ0) is 13.5. The maximum absolute atomic E-state index is 6.09. The second-order valence-electron chi connectivity index (χ2n) is 4.96. The van der Waals surface area contributed by atoms with Gasteiger partial charge in [0.2, 0.25) is 0 Å². The average molecular weight is 288 g/mol. The third kappa shape index (κ3) is 5.17. The van der Waals surface area contributed by atoms with E-state index in [-0.39, 0.29) is 0 Å². The van der Waals surface area contributed by atoms with Crippen LogP contribution in [0.25, 0.3) is 0 Å². The van der Waals surface area contributed by atoms with Crippen molar-refractivity contribution >= 4 is 23.2 Å². The van der Waals surface area contributed by atoms with Crippen molar-refractivity contribution in [1.29, 1.82) is 0 Å². The highest BCUT2D eigenvalue weighted by molar-refractivity contribution is 6.34. The summed E-state index contributed by atoms with van der Waals surface area (Å²) in [6.07, 6.45) is 3.44. The molecule has 0 radical (unpaired) electrons. The Labute approximate surface area is 121 Å². The SMILES string of the molecule is CCCNC(CC(C)CC)c1cc(Cl)cc(Cl)c1. The van der Waals surface area contributed by atoms with Crippen molar-refractivity contribution in [2.24, 2.45) is 5.92 Å². The van der Waals surface area contributed by atoms with Crippen molar-refractivity contribution in [3.63, 3.8) is 0 Å². The van der Waals surface area contributed by atoms with Gasteiger partial charge in [0.15, 0.2) is 0 Å². The Morgan fingerprint density at radius 1 is 1.11 bits per heavy atom. The van der Waals surface area contributed by atoms with Crippen molar-refractivity contribution in [1.82, 2.24) is 5.32 Å².